The summed E-state index contributed by atoms with van der Waals surface area (Å²) in [6, 6.07) is 13.2. The molecule has 7 heteroatoms. The van der Waals surface area contributed by atoms with Crippen molar-refractivity contribution in [1.82, 2.24) is 10.6 Å². The van der Waals surface area contributed by atoms with Gasteiger partial charge in [-0.25, -0.2) is 0 Å². The number of hydrogen-bond acceptors (Lipinski definition) is 4. The minimum atomic E-state index is -0.0867. The van der Waals surface area contributed by atoms with Crippen LogP contribution in [-0.2, 0) is 0 Å². The third-order valence-electron chi connectivity index (χ3n) is 4.22. The van der Waals surface area contributed by atoms with Crippen molar-refractivity contribution < 1.29 is 14.3 Å². The Morgan fingerprint density at radius 1 is 1.04 bits per heavy atom. The van der Waals surface area contributed by atoms with Gasteiger partial charge >= 0.3 is 0 Å². The number of nitrogens with zero attached hydrogens (tertiary/aromatic N) is 1. The van der Waals surface area contributed by atoms with E-state index in [1.54, 1.807) is 13.1 Å². The number of guanidine groups is 1. The molecule has 1 heterocycles. The molecule has 0 unspecified atom stereocenters. The number of nitrogens with one attached hydrogen (secondary N) is 3. The molecule has 28 heavy (non-hydrogen) atoms. The van der Waals surface area contributed by atoms with Crippen LogP contribution in [-0.4, -0.2) is 45.2 Å². The molecule has 1 aliphatic heterocycles. The van der Waals surface area contributed by atoms with Gasteiger partial charge in [-0.3, -0.25) is 9.79 Å². The number of ether oxygens (including phenoxy) is 2. The number of benzene rings is 2. The lowest BCUT2D eigenvalue weighted by Gasteiger charge is -2.14. The second-order valence-corrected chi connectivity index (χ2v) is 6.46. The van der Waals surface area contributed by atoms with Crippen LogP contribution in [0.15, 0.2) is 47.5 Å². The number of fused-ring (bicyclic) bond motifs is 1. The molecule has 2 aromatic carbocycles. The second kappa shape index (κ2) is 9.64. The van der Waals surface area contributed by atoms with Crippen molar-refractivity contribution in [2.45, 2.75) is 13.3 Å². The SMILES string of the molecule is CN=C(NCCNC(=O)c1cccc(C)c1)Nc1ccc2c(c1)OCCCO2. The van der Waals surface area contributed by atoms with Crippen LogP contribution in [0.4, 0.5) is 5.69 Å². The molecular formula is C21H26N4O3. The Labute approximate surface area is 165 Å². The largest absolute Gasteiger partial charge is 0.490 e. The van der Waals surface area contributed by atoms with Gasteiger partial charge in [0, 0.05) is 43.9 Å². The Morgan fingerprint density at radius 3 is 2.61 bits per heavy atom. The highest BCUT2D eigenvalue weighted by Gasteiger charge is 2.11. The fourth-order valence-electron chi connectivity index (χ4n) is 2.80. The zero-order valence-electron chi connectivity index (χ0n) is 16.2. The fourth-order valence-corrected chi connectivity index (χ4v) is 2.80. The monoisotopic (exact) mass is 382 g/mol. The molecule has 148 valence electrons. The summed E-state index contributed by atoms with van der Waals surface area (Å²) in [6.07, 6.45) is 0.870. The van der Waals surface area contributed by atoms with Crippen molar-refractivity contribution >= 4 is 17.6 Å². The summed E-state index contributed by atoms with van der Waals surface area (Å²) in [4.78, 5) is 16.4. The smallest absolute Gasteiger partial charge is 0.251 e. The van der Waals surface area contributed by atoms with Crippen molar-refractivity contribution in [2.75, 3.05) is 38.7 Å². The summed E-state index contributed by atoms with van der Waals surface area (Å²) in [5.74, 6) is 2.00. The first kappa shape index (κ1) is 19.5. The molecule has 0 fully saturated rings. The zero-order chi connectivity index (χ0) is 19.8. The lowest BCUT2D eigenvalue weighted by molar-refractivity contribution is 0.0954. The average Bonchev–Trinajstić information content (AvgIpc) is 2.95. The zero-order valence-corrected chi connectivity index (χ0v) is 16.2. The molecule has 3 N–H and O–H groups in total. The van der Waals surface area contributed by atoms with E-state index in [4.69, 9.17) is 9.47 Å². The Bertz CT molecular complexity index is 851. The molecule has 0 aliphatic carbocycles. The number of amides is 1. The van der Waals surface area contributed by atoms with Crippen molar-refractivity contribution in [1.29, 1.82) is 0 Å². The van der Waals surface area contributed by atoms with Gasteiger partial charge in [-0.15, -0.1) is 0 Å². The number of aryl methyl sites for hydroxylation is 1. The molecule has 7 nitrogen and oxygen atoms in total. The predicted molar refractivity (Wildman–Crippen MR) is 111 cm³/mol. The number of anilines is 1. The summed E-state index contributed by atoms with van der Waals surface area (Å²) in [7, 11) is 1.70. The molecule has 1 amide bonds. The van der Waals surface area contributed by atoms with E-state index in [0.717, 1.165) is 29.2 Å². The van der Waals surface area contributed by atoms with Gasteiger partial charge in [0.1, 0.15) is 0 Å². The molecule has 2 aromatic rings. The van der Waals surface area contributed by atoms with Crippen LogP contribution >= 0.6 is 0 Å². The van der Waals surface area contributed by atoms with E-state index in [1.165, 1.54) is 0 Å². The average molecular weight is 382 g/mol. The predicted octanol–water partition coefficient (Wildman–Crippen LogP) is 2.57. The molecule has 0 spiro atoms. The quantitative estimate of drug-likeness (QED) is 0.421. The Balaban J connectivity index is 1.47. The van der Waals surface area contributed by atoms with Gasteiger partial charge in [-0.05, 0) is 31.2 Å². The van der Waals surface area contributed by atoms with Crippen LogP contribution in [0.3, 0.4) is 0 Å². The molecule has 0 aromatic heterocycles. The lowest BCUT2D eigenvalue weighted by atomic mass is 10.1. The normalized spacial score (nSPS) is 13.4. The summed E-state index contributed by atoms with van der Waals surface area (Å²) >= 11 is 0. The maximum Gasteiger partial charge on any atom is 0.251 e. The highest BCUT2D eigenvalue weighted by atomic mass is 16.5. The van der Waals surface area contributed by atoms with Gasteiger partial charge < -0.3 is 25.4 Å². The summed E-state index contributed by atoms with van der Waals surface area (Å²) in [5, 5.41) is 9.29. The van der Waals surface area contributed by atoms with Gasteiger partial charge in [-0.2, -0.15) is 0 Å². The Hall–Kier alpha value is -3.22. The van der Waals surface area contributed by atoms with E-state index < -0.39 is 0 Å². The maximum atomic E-state index is 12.2. The van der Waals surface area contributed by atoms with Crippen molar-refractivity contribution in [3.63, 3.8) is 0 Å². The molecule has 0 radical (unpaired) electrons. The van der Waals surface area contributed by atoms with Crippen molar-refractivity contribution in [3.8, 4) is 11.5 Å². The van der Waals surface area contributed by atoms with Crippen LogP contribution in [0, 0.1) is 6.92 Å². The van der Waals surface area contributed by atoms with Crippen molar-refractivity contribution in [2.24, 2.45) is 4.99 Å². The number of aliphatic imine (C=N–C) groups is 1. The van der Waals surface area contributed by atoms with Crippen LogP contribution in [0.5, 0.6) is 11.5 Å². The van der Waals surface area contributed by atoms with E-state index in [2.05, 4.69) is 20.9 Å². The molecular weight excluding hydrogens is 356 g/mol. The number of hydrogen-bond donors (Lipinski definition) is 3. The molecule has 3 rings (SSSR count). The van der Waals surface area contributed by atoms with Crippen LogP contribution < -0.4 is 25.4 Å². The Morgan fingerprint density at radius 2 is 1.82 bits per heavy atom. The molecule has 0 saturated carbocycles. The third-order valence-corrected chi connectivity index (χ3v) is 4.22. The van der Waals surface area contributed by atoms with Crippen LogP contribution in [0.2, 0.25) is 0 Å². The third kappa shape index (κ3) is 5.39. The van der Waals surface area contributed by atoms with Gasteiger partial charge in [0.15, 0.2) is 17.5 Å². The van der Waals surface area contributed by atoms with E-state index in [-0.39, 0.29) is 5.91 Å². The first-order valence-electron chi connectivity index (χ1n) is 9.38. The Kier molecular flexibility index (Phi) is 6.73. The van der Waals surface area contributed by atoms with E-state index >= 15 is 0 Å². The fraction of sp³-hybridized carbons (Fsp3) is 0.333. The number of carbonyl (C=O) groups is 1. The highest BCUT2D eigenvalue weighted by Crippen LogP contribution is 2.32. The minimum absolute atomic E-state index is 0.0867. The first-order chi connectivity index (χ1) is 13.7. The second-order valence-electron chi connectivity index (χ2n) is 6.46. The van der Waals surface area contributed by atoms with E-state index in [1.807, 2.05) is 43.3 Å². The molecule has 0 bridgehead atoms. The number of rotatable bonds is 5. The highest BCUT2D eigenvalue weighted by molar-refractivity contribution is 5.95. The summed E-state index contributed by atoms with van der Waals surface area (Å²) in [5.41, 5.74) is 2.57. The number of carbonyl (C=O) groups excluding carboxylic acids is 1. The maximum absolute atomic E-state index is 12.2. The lowest BCUT2D eigenvalue weighted by Crippen LogP contribution is -2.37. The molecule has 0 atom stereocenters. The van der Waals surface area contributed by atoms with Crippen molar-refractivity contribution in [3.05, 3.63) is 53.6 Å². The van der Waals surface area contributed by atoms with Gasteiger partial charge in [-0.1, -0.05) is 17.7 Å². The topological polar surface area (TPSA) is 84.0 Å². The van der Waals surface area contributed by atoms with Gasteiger partial charge in [0.2, 0.25) is 0 Å². The van der Waals surface area contributed by atoms with Crippen LogP contribution in [0.25, 0.3) is 0 Å². The minimum Gasteiger partial charge on any atom is -0.490 e. The van der Waals surface area contributed by atoms with E-state index in [9.17, 15) is 4.79 Å². The summed E-state index contributed by atoms with van der Waals surface area (Å²) in [6.45, 7) is 4.30. The first-order valence-corrected chi connectivity index (χ1v) is 9.38. The van der Waals surface area contributed by atoms with Gasteiger partial charge in [0.25, 0.3) is 5.91 Å². The standard InChI is InChI=1S/C21H26N4O3/c1-15-5-3-6-16(13-15)20(26)23-9-10-24-21(22-2)25-17-7-8-18-19(14-17)28-12-4-11-27-18/h3,5-8,13-14H,4,9-12H2,1-2H3,(H,23,26)(H2,22,24,25). The van der Waals surface area contributed by atoms with E-state index in [0.29, 0.717) is 37.8 Å². The van der Waals surface area contributed by atoms with Gasteiger partial charge in [0.05, 0.1) is 13.2 Å². The molecule has 1 aliphatic rings. The molecule has 0 saturated heterocycles. The summed E-state index contributed by atoms with van der Waals surface area (Å²) < 4.78 is 11.3. The van der Waals surface area contributed by atoms with Crippen LogP contribution in [0.1, 0.15) is 22.3 Å².